The number of carbonyl (C=O) groups is 1. The van der Waals surface area contributed by atoms with Crippen molar-refractivity contribution >= 4 is 6.09 Å². The number of amides is 1. The van der Waals surface area contributed by atoms with Crippen LogP contribution in [0.3, 0.4) is 0 Å². The maximum Gasteiger partial charge on any atom is 0.409 e. The Morgan fingerprint density at radius 1 is 1.14 bits per heavy atom. The number of hydrogen-bond acceptors (Lipinski definition) is 3. The molecule has 0 saturated heterocycles. The minimum Gasteiger partial charge on any atom is -0.445 e. The monoisotopic (exact) mass is 294 g/mol. The number of hydrogen-bond donors (Lipinski definition) is 0. The highest BCUT2D eigenvalue weighted by Gasteiger charge is 2.10. The Bertz CT molecular complexity index is 662. The van der Waals surface area contributed by atoms with E-state index in [1.807, 2.05) is 48.5 Å². The zero-order valence-corrected chi connectivity index (χ0v) is 12.5. The Kier molecular flexibility index (Phi) is 5.56. The molecule has 2 aromatic carbocycles. The lowest BCUT2D eigenvalue weighted by molar-refractivity contribution is 0.105. The van der Waals surface area contributed by atoms with Crippen molar-refractivity contribution in [2.75, 3.05) is 13.6 Å². The molecule has 0 aliphatic heterocycles. The van der Waals surface area contributed by atoms with Crippen molar-refractivity contribution in [3.63, 3.8) is 0 Å². The third-order valence-electron chi connectivity index (χ3n) is 3.31. The summed E-state index contributed by atoms with van der Waals surface area (Å²) < 4.78 is 5.26. The van der Waals surface area contributed by atoms with Crippen molar-refractivity contribution in [1.82, 2.24) is 4.90 Å². The highest BCUT2D eigenvalue weighted by atomic mass is 16.6. The second kappa shape index (κ2) is 7.84. The van der Waals surface area contributed by atoms with Crippen molar-refractivity contribution in [3.05, 3.63) is 71.3 Å². The van der Waals surface area contributed by atoms with E-state index in [4.69, 9.17) is 10.00 Å². The van der Waals surface area contributed by atoms with Gasteiger partial charge in [0, 0.05) is 13.6 Å². The van der Waals surface area contributed by atoms with Gasteiger partial charge in [0.15, 0.2) is 0 Å². The number of nitrogens with zero attached hydrogens (tertiary/aromatic N) is 2. The number of likely N-dealkylation sites (N-methyl/N-ethyl adjacent to an activating group) is 1. The maximum atomic E-state index is 11.9. The second-order valence-electron chi connectivity index (χ2n) is 5.02. The zero-order valence-electron chi connectivity index (χ0n) is 12.5. The lowest BCUT2D eigenvalue weighted by Crippen LogP contribution is -2.29. The molecule has 0 bridgehead atoms. The van der Waals surface area contributed by atoms with Crippen LogP contribution >= 0.6 is 0 Å². The van der Waals surface area contributed by atoms with Gasteiger partial charge in [0.05, 0.1) is 11.6 Å². The van der Waals surface area contributed by atoms with Crippen LogP contribution in [-0.2, 0) is 17.8 Å². The number of ether oxygens (including phenoxy) is 1. The van der Waals surface area contributed by atoms with E-state index in [1.54, 1.807) is 18.0 Å². The highest BCUT2D eigenvalue weighted by molar-refractivity contribution is 5.67. The predicted octanol–water partition coefficient (Wildman–Crippen LogP) is 3.37. The molecule has 0 fully saturated rings. The van der Waals surface area contributed by atoms with E-state index in [0.29, 0.717) is 18.5 Å². The molecule has 0 spiro atoms. The first-order valence-electron chi connectivity index (χ1n) is 7.10. The molecule has 0 aliphatic carbocycles. The summed E-state index contributed by atoms with van der Waals surface area (Å²) >= 11 is 0. The zero-order chi connectivity index (χ0) is 15.8. The first-order chi connectivity index (χ1) is 10.7. The molecule has 2 rings (SSSR count). The molecule has 4 nitrogen and oxygen atoms in total. The molecule has 0 atom stereocenters. The van der Waals surface area contributed by atoms with Crippen molar-refractivity contribution in [1.29, 1.82) is 5.26 Å². The van der Waals surface area contributed by atoms with E-state index in [2.05, 4.69) is 6.07 Å². The van der Waals surface area contributed by atoms with Gasteiger partial charge in [0.2, 0.25) is 0 Å². The molecule has 0 aliphatic rings. The predicted molar refractivity (Wildman–Crippen MR) is 84.1 cm³/mol. The molecule has 4 heteroatoms. The van der Waals surface area contributed by atoms with Crippen LogP contribution in [0.15, 0.2) is 54.6 Å². The molecule has 0 unspecified atom stereocenters. The summed E-state index contributed by atoms with van der Waals surface area (Å²) in [6.07, 6.45) is 0.340. The van der Waals surface area contributed by atoms with Crippen molar-refractivity contribution in [3.8, 4) is 6.07 Å². The largest absolute Gasteiger partial charge is 0.445 e. The van der Waals surface area contributed by atoms with E-state index >= 15 is 0 Å². The summed E-state index contributed by atoms with van der Waals surface area (Å²) in [7, 11) is 1.71. The summed E-state index contributed by atoms with van der Waals surface area (Å²) in [4.78, 5) is 13.5. The van der Waals surface area contributed by atoms with Crippen LogP contribution in [0, 0.1) is 11.3 Å². The van der Waals surface area contributed by atoms with Gasteiger partial charge in [0.25, 0.3) is 0 Å². The summed E-state index contributed by atoms with van der Waals surface area (Å²) in [5, 5.41) is 8.87. The van der Waals surface area contributed by atoms with Gasteiger partial charge in [-0.1, -0.05) is 42.5 Å². The third-order valence-corrected chi connectivity index (χ3v) is 3.31. The molecular formula is C18H18N2O2. The minimum atomic E-state index is -0.347. The van der Waals surface area contributed by atoms with E-state index in [9.17, 15) is 4.79 Å². The van der Waals surface area contributed by atoms with Crippen LogP contribution in [0.25, 0.3) is 0 Å². The molecule has 0 heterocycles. The van der Waals surface area contributed by atoms with Crippen LogP contribution in [0.4, 0.5) is 4.79 Å². The highest BCUT2D eigenvalue weighted by Crippen LogP contribution is 2.07. The van der Waals surface area contributed by atoms with Crippen LogP contribution < -0.4 is 0 Å². The quantitative estimate of drug-likeness (QED) is 0.849. The Balaban J connectivity index is 1.80. The molecule has 2 aromatic rings. The Morgan fingerprint density at radius 3 is 2.59 bits per heavy atom. The fraction of sp³-hybridized carbons (Fsp3) is 0.222. The van der Waals surface area contributed by atoms with Crippen molar-refractivity contribution in [2.45, 2.75) is 13.0 Å². The Morgan fingerprint density at radius 2 is 1.86 bits per heavy atom. The normalized spacial score (nSPS) is 9.82. The molecular weight excluding hydrogens is 276 g/mol. The molecule has 1 amide bonds. The van der Waals surface area contributed by atoms with Gasteiger partial charge in [-0.25, -0.2) is 4.79 Å². The summed E-state index contributed by atoms with van der Waals surface area (Å²) in [5.74, 6) is 0. The first kappa shape index (κ1) is 15.6. The van der Waals surface area contributed by atoms with Gasteiger partial charge in [-0.05, 0) is 29.7 Å². The Labute approximate surface area is 130 Å². The summed E-state index contributed by atoms with van der Waals surface area (Å²) in [6, 6.07) is 19.1. The number of nitriles is 1. The fourth-order valence-corrected chi connectivity index (χ4v) is 2.01. The van der Waals surface area contributed by atoms with E-state index in [1.165, 1.54) is 0 Å². The van der Waals surface area contributed by atoms with Crippen LogP contribution in [0.2, 0.25) is 0 Å². The van der Waals surface area contributed by atoms with Crippen LogP contribution in [-0.4, -0.2) is 24.6 Å². The maximum absolute atomic E-state index is 11.9. The van der Waals surface area contributed by atoms with Crippen molar-refractivity contribution in [2.24, 2.45) is 0 Å². The third kappa shape index (κ3) is 4.64. The van der Waals surface area contributed by atoms with E-state index in [-0.39, 0.29) is 12.7 Å². The molecule has 0 aromatic heterocycles. The average molecular weight is 294 g/mol. The van der Waals surface area contributed by atoms with Crippen LogP contribution in [0.1, 0.15) is 16.7 Å². The van der Waals surface area contributed by atoms with Gasteiger partial charge in [0.1, 0.15) is 6.61 Å². The molecule has 0 saturated carbocycles. The van der Waals surface area contributed by atoms with Crippen molar-refractivity contribution < 1.29 is 9.53 Å². The average Bonchev–Trinajstić information content (AvgIpc) is 2.58. The standard InChI is InChI=1S/C18H18N2O2/c1-20(11-10-15-8-5-9-17(12-15)13-19)18(21)22-14-16-6-3-2-4-7-16/h2-9,12H,10-11,14H2,1H3. The summed E-state index contributed by atoms with van der Waals surface area (Å²) in [6.45, 7) is 0.816. The van der Waals surface area contributed by atoms with Gasteiger partial charge >= 0.3 is 6.09 Å². The van der Waals surface area contributed by atoms with Gasteiger partial charge in [-0.2, -0.15) is 5.26 Å². The number of carbonyl (C=O) groups excluding carboxylic acids is 1. The second-order valence-corrected chi connectivity index (χ2v) is 5.02. The SMILES string of the molecule is CN(CCc1cccc(C#N)c1)C(=O)OCc1ccccc1. The topological polar surface area (TPSA) is 53.3 Å². The fourth-order valence-electron chi connectivity index (χ4n) is 2.01. The van der Waals surface area contributed by atoms with Gasteiger partial charge in [-0.15, -0.1) is 0 Å². The van der Waals surface area contributed by atoms with E-state index in [0.717, 1.165) is 11.1 Å². The lowest BCUT2D eigenvalue weighted by atomic mass is 10.1. The summed E-state index contributed by atoms with van der Waals surface area (Å²) in [5.41, 5.74) is 2.62. The number of rotatable bonds is 5. The molecule has 112 valence electrons. The van der Waals surface area contributed by atoms with Crippen LogP contribution in [0.5, 0.6) is 0 Å². The Hall–Kier alpha value is -2.80. The van der Waals surface area contributed by atoms with Gasteiger partial charge < -0.3 is 9.64 Å². The molecule has 22 heavy (non-hydrogen) atoms. The van der Waals surface area contributed by atoms with Gasteiger partial charge in [-0.3, -0.25) is 0 Å². The first-order valence-corrected chi connectivity index (χ1v) is 7.10. The number of benzene rings is 2. The lowest BCUT2D eigenvalue weighted by Gasteiger charge is -2.17. The smallest absolute Gasteiger partial charge is 0.409 e. The molecule has 0 radical (unpaired) electrons. The molecule has 0 N–H and O–H groups in total. The van der Waals surface area contributed by atoms with E-state index < -0.39 is 0 Å². The minimum absolute atomic E-state index is 0.272.